The summed E-state index contributed by atoms with van der Waals surface area (Å²) in [5.74, 6) is -0.263. The van der Waals surface area contributed by atoms with E-state index in [1.807, 2.05) is 13.8 Å². The molecular formula is C15H20O3. The van der Waals surface area contributed by atoms with Crippen molar-refractivity contribution in [2.45, 2.75) is 33.1 Å². The largest absolute Gasteiger partial charge is 0.465 e. The summed E-state index contributed by atoms with van der Waals surface area (Å²) >= 11 is 0. The Morgan fingerprint density at radius 2 is 1.67 bits per heavy atom. The van der Waals surface area contributed by atoms with Crippen molar-refractivity contribution in [3.8, 4) is 0 Å². The van der Waals surface area contributed by atoms with Crippen molar-refractivity contribution in [1.29, 1.82) is 0 Å². The van der Waals surface area contributed by atoms with Crippen LogP contribution in [0, 0.1) is 5.92 Å². The van der Waals surface area contributed by atoms with Crippen molar-refractivity contribution in [2.24, 2.45) is 5.92 Å². The van der Waals surface area contributed by atoms with Gasteiger partial charge in [-0.3, -0.25) is 4.79 Å². The lowest BCUT2D eigenvalue weighted by Crippen LogP contribution is -2.24. The molecule has 0 heterocycles. The Bertz CT molecular complexity index is 420. The maximum absolute atomic E-state index is 12.1. The molecule has 3 nitrogen and oxygen atoms in total. The van der Waals surface area contributed by atoms with Crippen LogP contribution in [0.15, 0.2) is 24.3 Å². The number of hydrogen-bond acceptors (Lipinski definition) is 3. The van der Waals surface area contributed by atoms with Crippen LogP contribution in [0.2, 0.25) is 0 Å². The first-order valence-electron chi connectivity index (χ1n) is 6.45. The summed E-state index contributed by atoms with van der Waals surface area (Å²) in [6.45, 7) is 4.00. The SMILES string of the molecule is CC.COC(=O)c1ccccc1C(=O)C1CCC1. The van der Waals surface area contributed by atoms with Gasteiger partial charge < -0.3 is 4.74 Å². The molecule has 1 aromatic carbocycles. The van der Waals surface area contributed by atoms with Crippen LogP contribution in [-0.4, -0.2) is 18.9 Å². The Balaban J connectivity index is 0.000000771. The first-order valence-corrected chi connectivity index (χ1v) is 6.45. The molecule has 3 heteroatoms. The first kappa shape index (κ1) is 14.4. The Morgan fingerprint density at radius 3 is 2.11 bits per heavy atom. The summed E-state index contributed by atoms with van der Waals surface area (Å²) in [4.78, 5) is 23.6. The zero-order valence-electron chi connectivity index (χ0n) is 11.2. The van der Waals surface area contributed by atoms with E-state index < -0.39 is 5.97 Å². The van der Waals surface area contributed by atoms with Gasteiger partial charge in [0.2, 0.25) is 0 Å². The molecule has 0 bridgehead atoms. The molecule has 1 aliphatic carbocycles. The Labute approximate surface area is 108 Å². The van der Waals surface area contributed by atoms with Gasteiger partial charge >= 0.3 is 5.97 Å². The van der Waals surface area contributed by atoms with Gasteiger partial charge in [0, 0.05) is 11.5 Å². The highest BCUT2D eigenvalue weighted by atomic mass is 16.5. The third-order valence-electron chi connectivity index (χ3n) is 3.07. The zero-order chi connectivity index (χ0) is 13.5. The van der Waals surface area contributed by atoms with Crippen molar-refractivity contribution < 1.29 is 14.3 Å². The minimum absolute atomic E-state index is 0.0762. The number of carbonyl (C=O) groups is 2. The molecule has 0 spiro atoms. The highest BCUT2D eigenvalue weighted by Crippen LogP contribution is 2.30. The lowest BCUT2D eigenvalue weighted by atomic mass is 9.79. The molecule has 18 heavy (non-hydrogen) atoms. The number of carbonyl (C=O) groups excluding carboxylic acids is 2. The van der Waals surface area contributed by atoms with Crippen molar-refractivity contribution in [3.05, 3.63) is 35.4 Å². The molecule has 0 aliphatic heterocycles. The van der Waals surface area contributed by atoms with Gasteiger partial charge in [0.25, 0.3) is 0 Å². The van der Waals surface area contributed by atoms with Crippen LogP contribution in [-0.2, 0) is 4.74 Å². The predicted octanol–water partition coefficient (Wildman–Crippen LogP) is 3.48. The average Bonchev–Trinajstić information content (AvgIpc) is 2.38. The smallest absolute Gasteiger partial charge is 0.338 e. The van der Waals surface area contributed by atoms with Crippen LogP contribution in [0.4, 0.5) is 0 Å². The summed E-state index contributed by atoms with van der Waals surface area (Å²) in [5.41, 5.74) is 0.876. The van der Waals surface area contributed by atoms with Crippen molar-refractivity contribution in [3.63, 3.8) is 0 Å². The van der Waals surface area contributed by atoms with Crippen LogP contribution in [0.1, 0.15) is 53.8 Å². The first-order chi connectivity index (χ1) is 8.74. The van der Waals surface area contributed by atoms with E-state index in [1.165, 1.54) is 7.11 Å². The second-order valence-electron chi connectivity index (χ2n) is 4.03. The molecule has 0 saturated heterocycles. The van der Waals surface area contributed by atoms with E-state index in [0.29, 0.717) is 11.1 Å². The van der Waals surface area contributed by atoms with Gasteiger partial charge in [0.1, 0.15) is 0 Å². The van der Waals surface area contributed by atoms with Gasteiger partial charge in [0.05, 0.1) is 12.7 Å². The average molecular weight is 248 g/mol. The molecule has 1 aliphatic rings. The van der Waals surface area contributed by atoms with Gasteiger partial charge in [-0.1, -0.05) is 38.5 Å². The van der Waals surface area contributed by atoms with E-state index >= 15 is 0 Å². The summed E-state index contributed by atoms with van der Waals surface area (Å²) in [7, 11) is 1.33. The number of methoxy groups -OCH3 is 1. The molecule has 2 rings (SSSR count). The maximum atomic E-state index is 12.1. The minimum Gasteiger partial charge on any atom is -0.465 e. The lowest BCUT2D eigenvalue weighted by molar-refractivity contribution is 0.0594. The second kappa shape index (κ2) is 6.94. The third kappa shape index (κ3) is 2.97. The molecule has 0 atom stereocenters. The Kier molecular flexibility index (Phi) is 5.56. The number of esters is 1. The number of hydrogen-bond donors (Lipinski definition) is 0. The molecular weight excluding hydrogens is 228 g/mol. The highest BCUT2D eigenvalue weighted by molar-refractivity contribution is 6.07. The van der Waals surface area contributed by atoms with Gasteiger partial charge in [-0.15, -0.1) is 0 Å². The quantitative estimate of drug-likeness (QED) is 0.607. The van der Waals surface area contributed by atoms with Crippen molar-refractivity contribution in [2.75, 3.05) is 7.11 Å². The van der Waals surface area contributed by atoms with Gasteiger partial charge in [-0.2, -0.15) is 0 Å². The molecule has 1 aromatic rings. The summed E-state index contributed by atoms with van der Waals surface area (Å²) in [6.07, 6.45) is 2.99. The van der Waals surface area contributed by atoms with Crippen LogP contribution >= 0.6 is 0 Å². The van der Waals surface area contributed by atoms with Gasteiger partial charge in [-0.05, 0) is 18.9 Å². The third-order valence-corrected chi connectivity index (χ3v) is 3.07. The highest BCUT2D eigenvalue weighted by Gasteiger charge is 2.28. The minimum atomic E-state index is -0.441. The topological polar surface area (TPSA) is 43.4 Å². The predicted molar refractivity (Wildman–Crippen MR) is 70.8 cm³/mol. The van der Waals surface area contributed by atoms with E-state index in [9.17, 15) is 9.59 Å². The summed E-state index contributed by atoms with van der Waals surface area (Å²) in [6, 6.07) is 6.85. The van der Waals surface area contributed by atoms with Crippen LogP contribution in [0.25, 0.3) is 0 Å². The molecule has 98 valence electrons. The van der Waals surface area contributed by atoms with E-state index in [2.05, 4.69) is 4.74 Å². The molecule has 1 fully saturated rings. The van der Waals surface area contributed by atoms with Crippen LogP contribution < -0.4 is 0 Å². The van der Waals surface area contributed by atoms with Crippen LogP contribution in [0.3, 0.4) is 0 Å². The van der Waals surface area contributed by atoms with E-state index in [1.54, 1.807) is 24.3 Å². The van der Waals surface area contributed by atoms with Crippen molar-refractivity contribution >= 4 is 11.8 Å². The summed E-state index contributed by atoms with van der Waals surface area (Å²) < 4.78 is 4.67. The van der Waals surface area contributed by atoms with E-state index in [4.69, 9.17) is 0 Å². The molecule has 0 radical (unpaired) electrons. The van der Waals surface area contributed by atoms with Crippen LogP contribution in [0.5, 0.6) is 0 Å². The molecule has 0 unspecified atom stereocenters. The van der Waals surface area contributed by atoms with Crippen molar-refractivity contribution in [1.82, 2.24) is 0 Å². The monoisotopic (exact) mass is 248 g/mol. The Morgan fingerprint density at radius 1 is 1.11 bits per heavy atom. The second-order valence-corrected chi connectivity index (χ2v) is 4.03. The standard InChI is InChI=1S/C13H14O3.C2H6/c1-16-13(15)11-8-3-2-7-10(11)12(14)9-5-4-6-9;1-2/h2-3,7-9H,4-6H2,1H3;1-2H3. The van der Waals surface area contributed by atoms with E-state index in [0.717, 1.165) is 19.3 Å². The molecule has 0 N–H and O–H groups in total. The number of benzene rings is 1. The number of rotatable bonds is 3. The number of Topliss-reactive ketones (excluding diaryl/α,β-unsaturated/α-hetero) is 1. The molecule has 1 saturated carbocycles. The van der Waals surface area contributed by atoms with Gasteiger partial charge in [0.15, 0.2) is 5.78 Å². The maximum Gasteiger partial charge on any atom is 0.338 e. The number of ether oxygens (including phenoxy) is 1. The fourth-order valence-electron chi connectivity index (χ4n) is 1.88. The molecule has 0 amide bonds. The lowest BCUT2D eigenvalue weighted by Gasteiger charge is -2.24. The number of ketones is 1. The fraction of sp³-hybridized carbons (Fsp3) is 0.467. The summed E-state index contributed by atoms with van der Waals surface area (Å²) in [5, 5.41) is 0. The zero-order valence-corrected chi connectivity index (χ0v) is 11.2. The normalized spacial score (nSPS) is 13.9. The van der Waals surface area contributed by atoms with E-state index in [-0.39, 0.29) is 11.7 Å². The fourth-order valence-corrected chi connectivity index (χ4v) is 1.88. The Hall–Kier alpha value is -1.64. The van der Waals surface area contributed by atoms with Gasteiger partial charge in [-0.25, -0.2) is 4.79 Å². The molecule has 0 aromatic heterocycles.